The molecule has 2 aromatic carbocycles. The van der Waals surface area contributed by atoms with Crippen molar-refractivity contribution < 1.29 is 9.18 Å². The van der Waals surface area contributed by atoms with Crippen LogP contribution < -0.4 is 0 Å². The number of fused-ring (bicyclic) bond motifs is 3. The first-order chi connectivity index (χ1) is 13.5. The molecule has 0 saturated heterocycles. The largest absolute Gasteiger partial charge is 0.341 e. The molecule has 1 amide bonds. The van der Waals surface area contributed by atoms with E-state index in [1.165, 1.54) is 22.7 Å². The quantitative estimate of drug-likeness (QED) is 0.382. The number of aromatic nitrogens is 4. The fraction of sp³-hybridized carbons (Fsp3) is 0.200. The molecular weight excluding hydrogens is 377 g/mol. The van der Waals surface area contributed by atoms with Gasteiger partial charge in [-0.25, -0.2) is 14.4 Å². The SMILES string of the molecule is Cc1nc2c3ccccc3nc(SCC(=O)N(C)Cc3ccccc3F)n2n1. The molecule has 0 fully saturated rings. The fourth-order valence-corrected chi connectivity index (χ4v) is 3.82. The molecule has 0 spiro atoms. The highest BCUT2D eigenvalue weighted by Crippen LogP contribution is 2.24. The van der Waals surface area contributed by atoms with E-state index in [1.54, 1.807) is 29.8 Å². The Morgan fingerprint density at radius 1 is 1.14 bits per heavy atom. The van der Waals surface area contributed by atoms with Gasteiger partial charge in [-0.05, 0) is 25.1 Å². The number of aryl methyl sites for hydroxylation is 1. The van der Waals surface area contributed by atoms with E-state index in [-0.39, 0.29) is 24.0 Å². The summed E-state index contributed by atoms with van der Waals surface area (Å²) in [4.78, 5) is 23.2. The highest BCUT2D eigenvalue weighted by Gasteiger charge is 2.16. The third kappa shape index (κ3) is 3.55. The lowest BCUT2D eigenvalue weighted by molar-refractivity contribution is -0.127. The fourth-order valence-electron chi connectivity index (χ4n) is 2.93. The average molecular weight is 395 g/mol. The van der Waals surface area contributed by atoms with Crippen molar-refractivity contribution in [1.29, 1.82) is 0 Å². The molecule has 0 unspecified atom stereocenters. The Morgan fingerprint density at radius 3 is 2.71 bits per heavy atom. The lowest BCUT2D eigenvalue weighted by atomic mass is 10.2. The number of carbonyl (C=O) groups excluding carboxylic acids is 1. The van der Waals surface area contributed by atoms with Crippen molar-refractivity contribution in [3.05, 3.63) is 65.7 Å². The van der Waals surface area contributed by atoms with Crippen molar-refractivity contribution in [3.8, 4) is 0 Å². The van der Waals surface area contributed by atoms with Crippen molar-refractivity contribution in [3.63, 3.8) is 0 Å². The molecule has 6 nitrogen and oxygen atoms in total. The zero-order valence-electron chi connectivity index (χ0n) is 15.5. The van der Waals surface area contributed by atoms with E-state index in [9.17, 15) is 9.18 Å². The van der Waals surface area contributed by atoms with Crippen molar-refractivity contribution in [2.45, 2.75) is 18.6 Å². The summed E-state index contributed by atoms with van der Waals surface area (Å²) in [5, 5.41) is 5.92. The van der Waals surface area contributed by atoms with E-state index in [4.69, 9.17) is 0 Å². The lowest BCUT2D eigenvalue weighted by Crippen LogP contribution is -2.28. The summed E-state index contributed by atoms with van der Waals surface area (Å²) in [5.41, 5.74) is 2.01. The first-order valence-electron chi connectivity index (χ1n) is 8.75. The Kier molecular flexibility index (Phi) is 4.95. The molecule has 0 saturated carbocycles. The molecule has 0 aliphatic heterocycles. The zero-order chi connectivity index (χ0) is 19.7. The number of carbonyl (C=O) groups is 1. The second-order valence-electron chi connectivity index (χ2n) is 6.44. The summed E-state index contributed by atoms with van der Waals surface area (Å²) < 4.78 is 15.5. The van der Waals surface area contributed by atoms with Gasteiger partial charge in [-0.2, -0.15) is 4.52 Å². The number of rotatable bonds is 5. The van der Waals surface area contributed by atoms with Gasteiger partial charge < -0.3 is 4.90 Å². The molecule has 2 aromatic heterocycles. The molecule has 4 rings (SSSR count). The minimum atomic E-state index is -0.314. The molecule has 0 aliphatic rings. The molecule has 0 atom stereocenters. The van der Waals surface area contributed by atoms with E-state index in [0.29, 0.717) is 16.5 Å². The van der Waals surface area contributed by atoms with Gasteiger partial charge in [0.1, 0.15) is 11.6 Å². The molecular formula is C20H18FN5OS. The third-order valence-corrected chi connectivity index (χ3v) is 5.28. The van der Waals surface area contributed by atoms with Crippen molar-refractivity contribution >= 4 is 34.2 Å². The van der Waals surface area contributed by atoms with Crippen LogP contribution in [0.3, 0.4) is 0 Å². The predicted molar refractivity (Wildman–Crippen MR) is 107 cm³/mol. The Morgan fingerprint density at radius 2 is 1.89 bits per heavy atom. The molecule has 2 heterocycles. The van der Waals surface area contributed by atoms with Crippen LogP contribution in [0.15, 0.2) is 53.7 Å². The number of amides is 1. The van der Waals surface area contributed by atoms with Crippen LogP contribution in [0.25, 0.3) is 16.6 Å². The smallest absolute Gasteiger partial charge is 0.233 e. The number of hydrogen-bond acceptors (Lipinski definition) is 5. The normalized spacial score (nSPS) is 11.2. The summed E-state index contributed by atoms with van der Waals surface area (Å²) in [7, 11) is 1.67. The maximum Gasteiger partial charge on any atom is 0.233 e. The third-order valence-electron chi connectivity index (χ3n) is 4.37. The zero-order valence-corrected chi connectivity index (χ0v) is 16.3. The Bertz CT molecular complexity index is 1180. The Labute approximate surface area is 165 Å². The maximum atomic E-state index is 13.8. The standard InChI is InChI=1S/C20H18FN5OS/c1-13-22-19-15-8-4-6-10-17(15)23-20(26(19)24-13)28-12-18(27)25(2)11-14-7-3-5-9-16(14)21/h3-10H,11-12H2,1-2H3. The second kappa shape index (κ2) is 7.55. The van der Waals surface area contributed by atoms with Crippen LogP contribution in [-0.2, 0) is 11.3 Å². The van der Waals surface area contributed by atoms with Gasteiger partial charge >= 0.3 is 0 Å². The lowest BCUT2D eigenvalue weighted by Gasteiger charge is -2.17. The van der Waals surface area contributed by atoms with E-state index < -0.39 is 0 Å². The van der Waals surface area contributed by atoms with Crippen molar-refractivity contribution in [2.75, 3.05) is 12.8 Å². The average Bonchev–Trinajstić information content (AvgIpc) is 3.09. The summed E-state index contributed by atoms with van der Waals surface area (Å²) in [6.45, 7) is 2.04. The van der Waals surface area contributed by atoms with Crippen molar-refractivity contribution in [2.24, 2.45) is 0 Å². The number of hydrogen-bond donors (Lipinski definition) is 0. The number of thioether (sulfide) groups is 1. The summed E-state index contributed by atoms with van der Waals surface area (Å²) in [6.07, 6.45) is 0. The van der Waals surface area contributed by atoms with Gasteiger partial charge in [0.2, 0.25) is 5.91 Å². The second-order valence-corrected chi connectivity index (χ2v) is 7.38. The first-order valence-corrected chi connectivity index (χ1v) is 9.74. The Balaban J connectivity index is 1.54. The molecule has 28 heavy (non-hydrogen) atoms. The highest BCUT2D eigenvalue weighted by atomic mass is 32.2. The summed E-state index contributed by atoms with van der Waals surface area (Å²) in [5.74, 6) is 0.381. The van der Waals surface area contributed by atoms with Crippen LogP contribution in [0, 0.1) is 12.7 Å². The minimum Gasteiger partial charge on any atom is -0.341 e. The molecule has 0 aliphatic carbocycles. The number of nitrogens with zero attached hydrogens (tertiary/aromatic N) is 5. The Hall–Kier alpha value is -3.00. The summed E-state index contributed by atoms with van der Waals surface area (Å²) in [6, 6.07) is 14.2. The number of para-hydroxylation sites is 1. The van der Waals surface area contributed by atoms with Crippen molar-refractivity contribution in [1.82, 2.24) is 24.5 Å². The van der Waals surface area contributed by atoms with E-state index >= 15 is 0 Å². The van der Waals surface area contributed by atoms with Crippen LogP contribution in [0.4, 0.5) is 4.39 Å². The van der Waals surface area contributed by atoms with Gasteiger partial charge in [-0.3, -0.25) is 4.79 Å². The molecule has 0 radical (unpaired) electrons. The molecule has 8 heteroatoms. The van der Waals surface area contributed by atoms with Crippen LogP contribution >= 0.6 is 11.8 Å². The maximum absolute atomic E-state index is 13.8. The van der Waals surface area contributed by atoms with E-state index in [1.807, 2.05) is 31.2 Å². The van der Waals surface area contributed by atoms with Gasteiger partial charge in [0.05, 0.1) is 11.3 Å². The van der Waals surface area contributed by atoms with Gasteiger partial charge in [0.25, 0.3) is 0 Å². The minimum absolute atomic E-state index is 0.117. The molecule has 0 N–H and O–H groups in total. The number of benzene rings is 2. The highest BCUT2D eigenvalue weighted by molar-refractivity contribution is 7.99. The van der Waals surface area contributed by atoms with Crippen LogP contribution in [-0.4, -0.2) is 43.2 Å². The monoisotopic (exact) mass is 395 g/mol. The van der Waals surface area contributed by atoms with Crippen LogP contribution in [0.1, 0.15) is 11.4 Å². The number of halogens is 1. The van der Waals surface area contributed by atoms with Crippen LogP contribution in [0.2, 0.25) is 0 Å². The van der Waals surface area contributed by atoms with Gasteiger partial charge in [0.15, 0.2) is 10.8 Å². The first kappa shape index (κ1) is 18.4. The summed E-state index contributed by atoms with van der Waals surface area (Å²) >= 11 is 1.29. The van der Waals surface area contributed by atoms with Gasteiger partial charge in [0, 0.05) is 24.5 Å². The predicted octanol–water partition coefficient (Wildman–Crippen LogP) is 3.48. The van der Waals surface area contributed by atoms with Crippen LogP contribution in [0.5, 0.6) is 0 Å². The van der Waals surface area contributed by atoms with E-state index in [0.717, 1.165) is 16.6 Å². The molecule has 0 bridgehead atoms. The molecule has 4 aromatic rings. The van der Waals surface area contributed by atoms with Gasteiger partial charge in [-0.1, -0.05) is 42.1 Å². The van der Waals surface area contributed by atoms with E-state index in [2.05, 4.69) is 15.1 Å². The molecule has 142 valence electrons. The topological polar surface area (TPSA) is 63.4 Å². The van der Waals surface area contributed by atoms with Gasteiger partial charge in [-0.15, -0.1) is 5.10 Å².